The van der Waals surface area contributed by atoms with Crippen LogP contribution in [0.15, 0.2) is 18.5 Å². The van der Waals surface area contributed by atoms with Crippen molar-refractivity contribution in [3.63, 3.8) is 0 Å². The number of hydrogen-bond acceptors (Lipinski definition) is 3. The molecule has 0 aromatic carbocycles. The van der Waals surface area contributed by atoms with Crippen molar-refractivity contribution >= 4 is 19.0 Å². The molecule has 1 aliphatic heterocycles. The number of pyridine rings is 1. The van der Waals surface area contributed by atoms with Gasteiger partial charge in [-0.15, -0.1) is 0 Å². The molecular formula is C10H16BN3. The minimum absolute atomic E-state index is 1.11. The molecule has 1 aliphatic rings. The van der Waals surface area contributed by atoms with Gasteiger partial charge in [-0.05, 0) is 13.1 Å². The molecule has 1 saturated heterocycles. The van der Waals surface area contributed by atoms with Gasteiger partial charge in [-0.3, -0.25) is 4.98 Å². The third-order valence-corrected chi connectivity index (χ3v) is 2.73. The van der Waals surface area contributed by atoms with Crippen molar-refractivity contribution in [3.8, 4) is 0 Å². The Morgan fingerprint density at radius 3 is 2.57 bits per heavy atom. The fourth-order valence-electron chi connectivity index (χ4n) is 1.78. The zero-order valence-corrected chi connectivity index (χ0v) is 8.90. The Labute approximate surface area is 86.1 Å². The lowest BCUT2D eigenvalue weighted by molar-refractivity contribution is 0.313. The molecule has 0 unspecified atom stereocenters. The van der Waals surface area contributed by atoms with Crippen LogP contribution in [0.5, 0.6) is 0 Å². The van der Waals surface area contributed by atoms with Crippen molar-refractivity contribution in [2.75, 3.05) is 38.1 Å². The van der Waals surface area contributed by atoms with Gasteiger partial charge >= 0.3 is 0 Å². The third kappa shape index (κ3) is 2.07. The topological polar surface area (TPSA) is 19.4 Å². The van der Waals surface area contributed by atoms with Crippen LogP contribution in [0.3, 0.4) is 0 Å². The summed E-state index contributed by atoms with van der Waals surface area (Å²) in [7, 11) is 4.26. The first-order valence-electron chi connectivity index (χ1n) is 5.11. The fourth-order valence-corrected chi connectivity index (χ4v) is 1.78. The summed E-state index contributed by atoms with van der Waals surface area (Å²) in [6.07, 6.45) is 3.86. The Hall–Kier alpha value is -1.03. The summed E-state index contributed by atoms with van der Waals surface area (Å²) in [6.45, 7) is 4.52. The molecule has 0 saturated carbocycles. The second-order valence-electron chi connectivity index (χ2n) is 4.01. The van der Waals surface area contributed by atoms with Crippen molar-refractivity contribution in [1.82, 2.24) is 9.88 Å². The van der Waals surface area contributed by atoms with E-state index in [0.29, 0.717) is 0 Å². The highest BCUT2D eigenvalue weighted by molar-refractivity contribution is 6.32. The number of aromatic nitrogens is 1. The molecule has 0 spiro atoms. The summed E-state index contributed by atoms with van der Waals surface area (Å²) in [5.41, 5.74) is 2.50. The summed E-state index contributed by atoms with van der Waals surface area (Å²) >= 11 is 0. The van der Waals surface area contributed by atoms with Crippen LogP contribution in [0, 0.1) is 0 Å². The number of anilines is 1. The monoisotopic (exact) mass is 189 g/mol. The average molecular weight is 189 g/mol. The molecule has 4 heteroatoms. The van der Waals surface area contributed by atoms with Crippen LogP contribution in [0.4, 0.5) is 5.69 Å². The van der Waals surface area contributed by atoms with Crippen LogP contribution < -0.4 is 10.4 Å². The van der Waals surface area contributed by atoms with Crippen LogP contribution in [0.1, 0.15) is 0 Å². The normalized spacial score (nSPS) is 18.5. The van der Waals surface area contributed by atoms with Crippen LogP contribution in [0.2, 0.25) is 0 Å². The first-order chi connectivity index (χ1) is 6.75. The molecule has 2 rings (SSSR count). The molecule has 3 nitrogen and oxygen atoms in total. The van der Waals surface area contributed by atoms with E-state index in [1.54, 1.807) is 0 Å². The zero-order valence-electron chi connectivity index (χ0n) is 8.90. The van der Waals surface area contributed by atoms with Crippen LogP contribution >= 0.6 is 0 Å². The van der Waals surface area contributed by atoms with E-state index in [-0.39, 0.29) is 0 Å². The molecule has 0 radical (unpaired) electrons. The molecule has 1 fully saturated rings. The van der Waals surface area contributed by atoms with E-state index in [0.717, 1.165) is 26.2 Å². The Kier molecular flexibility index (Phi) is 2.73. The summed E-state index contributed by atoms with van der Waals surface area (Å²) < 4.78 is 0. The van der Waals surface area contributed by atoms with E-state index in [9.17, 15) is 0 Å². The Morgan fingerprint density at radius 2 is 1.93 bits per heavy atom. The van der Waals surface area contributed by atoms with Crippen molar-refractivity contribution in [2.45, 2.75) is 0 Å². The molecule has 74 valence electrons. The maximum Gasteiger partial charge on any atom is 0.141 e. The van der Waals surface area contributed by atoms with Gasteiger partial charge in [0.15, 0.2) is 0 Å². The Balaban J connectivity index is 2.08. The minimum Gasteiger partial charge on any atom is -0.368 e. The van der Waals surface area contributed by atoms with Crippen molar-refractivity contribution in [3.05, 3.63) is 18.5 Å². The molecule has 0 aliphatic carbocycles. The minimum atomic E-state index is 1.11. The van der Waals surface area contributed by atoms with Gasteiger partial charge < -0.3 is 9.80 Å². The molecule has 1 aromatic heterocycles. The first kappa shape index (κ1) is 9.53. The zero-order chi connectivity index (χ0) is 9.97. The fraction of sp³-hybridized carbons (Fsp3) is 0.500. The van der Waals surface area contributed by atoms with E-state index >= 15 is 0 Å². The molecule has 1 aromatic rings. The lowest BCUT2D eigenvalue weighted by Crippen LogP contribution is -2.44. The van der Waals surface area contributed by atoms with Gasteiger partial charge in [0.05, 0.1) is 11.9 Å². The lowest BCUT2D eigenvalue weighted by atomic mass is 9.98. The van der Waals surface area contributed by atoms with E-state index in [2.05, 4.69) is 35.7 Å². The highest BCUT2D eigenvalue weighted by atomic mass is 15.2. The van der Waals surface area contributed by atoms with E-state index in [1.807, 2.05) is 12.4 Å². The van der Waals surface area contributed by atoms with Crippen LogP contribution in [-0.4, -0.2) is 51.0 Å². The van der Waals surface area contributed by atoms with Crippen molar-refractivity contribution in [2.24, 2.45) is 0 Å². The highest BCUT2D eigenvalue weighted by Crippen LogP contribution is 2.12. The van der Waals surface area contributed by atoms with Crippen LogP contribution in [0.25, 0.3) is 0 Å². The predicted molar refractivity (Wildman–Crippen MR) is 62.1 cm³/mol. The van der Waals surface area contributed by atoms with Gasteiger partial charge in [-0.2, -0.15) is 0 Å². The summed E-state index contributed by atoms with van der Waals surface area (Å²) in [5, 5.41) is 0. The largest absolute Gasteiger partial charge is 0.368 e. The first-order valence-corrected chi connectivity index (χ1v) is 5.11. The molecule has 2 heterocycles. The second kappa shape index (κ2) is 4.01. The van der Waals surface area contributed by atoms with Gasteiger partial charge in [0.25, 0.3) is 0 Å². The number of nitrogens with zero attached hydrogens (tertiary/aromatic N) is 3. The predicted octanol–water partition coefficient (Wildman–Crippen LogP) is -0.908. The summed E-state index contributed by atoms with van der Waals surface area (Å²) in [5.74, 6) is 0. The molecule has 0 bridgehead atoms. The van der Waals surface area contributed by atoms with Gasteiger partial charge in [0.2, 0.25) is 0 Å². The number of hydrogen-bond donors (Lipinski definition) is 0. The molecule has 14 heavy (non-hydrogen) atoms. The maximum absolute atomic E-state index is 4.22. The van der Waals surface area contributed by atoms with Crippen LogP contribution in [-0.2, 0) is 0 Å². The smallest absolute Gasteiger partial charge is 0.141 e. The number of piperazine rings is 1. The molecule has 0 atom stereocenters. The molecular weight excluding hydrogens is 173 g/mol. The summed E-state index contributed by atoms with van der Waals surface area (Å²) in [6, 6.07) is 2.21. The second-order valence-corrected chi connectivity index (χ2v) is 4.01. The van der Waals surface area contributed by atoms with Gasteiger partial charge in [0, 0.05) is 32.4 Å². The average Bonchev–Trinajstić information content (AvgIpc) is 2.19. The van der Waals surface area contributed by atoms with Crippen molar-refractivity contribution in [1.29, 1.82) is 0 Å². The number of rotatable bonds is 1. The van der Waals surface area contributed by atoms with Gasteiger partial charge in [0.1, 0.15) is 7.85 Å². The van der Waals surface area contributed by atoms with Gasteiger partial charge in [-0.25, -0.2) is 0 Å². The maximum atomic E-state index is 4.22. The molecule has 0 N–H and O–H groups in total. The lowest BCUT2D eigenvalue weighted by Gasteiger charge is -2.33. The molecule has 0 amide bonds. The Morgan fingerprint density at radius 1 is 1.21 bits per heavy atom. The van der Waals surface area contributed by atoms with E-state index in [1.165, 1.54) is 11.2 Å². The number of likely N-dealkylation sites (N-methyl/N-ethyl adjacent to an activating group) is 1. The Bertz CT molecular complexity index is 308. The third-order valence-electron chi connectivity index (χ3n) is 2.73. The SMILES string of the molecule is Bc1cncc(N2CCN(C)CC2)c1. The quantitative estimate of drug-likeness (QED) is 0.533. The highest BCUT2D eigenvalue weighted by Gasteiger charge is 2.13. The summed E-state index contributed by atoms with van der Waals surface area (Å²) in [4.78, 5) is 8.99. The van der Waals surface area contributed by atoms with E-state index in [4.69, 9.17) is 0 Å². The van der Waals surface area contributed by atoms with Crippen molar-refractivity contribution < 1.29 is 0 Å². The van der Waals surface area contributed by atoms with E-state index < -0.39 is 0 Å². The van der Waals surface area contributed by atoms with Gasteiger partial charge in [-0.1, -0.05) is 5.46 Å². The standard InChI is InChI=1S/C10H16BN3/c1-13-2-4-14(5-3-13)10-6-9(11)7-12-8-10/h6-8H,2-5,11H2,1H3.